The smallest absolute Gasteiger partial charge is 0.0928 e. The Kier molecular flexibility index (Phi) is 4.02. The highest BCUT2D eigenvalue weighted by Crippen LogP contribution is 2.17. The summed E-state index contributed by atoms with van der Waals surface area (Å²) in [6.07, 6.45) is 4.20. The quantitative estimate of drug-likeness (QED) is 0.683. The molecule has 0 aromatic carbocycles. The summed E-state index contributed by atoms with van der Waals surface area (Å²) in [6.45, 7) is 4.46. The van der Waals surface area contributed by atoms with E-state index >= 15 is 0 Å². The number of hydrogen-bond acceptors (Lipinski definition) is 2. The second-order valence-electron chi connectivity index (χ2n) is 3.29. The van der Waals surface area contributed by atoms with Crippen LogP contribution in [0.4, 0.5) is 0 Å². The first-order valence-corrected chi connectivity index (χ1v) is 5.57. The summed E-state index contributed by atoms with van der Waals surface area (Å²) in [6, 6.07) is 0. The highest BCUT2D eigenvalue weighted by atomic mass is 35.5. The SMILES string of the molecule is CC(C)CCc1ncc(CCl)s1. The van der Waals surface area contributed by atoms with Gasteiger partial charge in [-0.25, -0.2) is 4.98 Å². The zero-order valence-electron chi connectivity index (χ0n) is 7.51. The Labute approximate surface area is 82.8 Å². The van der Waals surface area contributed by atoms with Crippen LogP contribution in [-0.4, -0.2) is 4.98 Å². The van der Waals surface area contributed by atoms with Crippen LogP contribution in [0.2, 0.25) is 0 Å². The molecular formula is C9H14ClNS. The fraction of sp³-hybridized carbons (Fsp3) is 0.667. The Morgan fingerprint density at radius 2 is 2.33 bits per heavy atom. The molecule has 68 valence electrons. The maximum atomic E-state index is 5.67. The molecule has 0 aliphatic rings. The van der Waals surface area contributed by atoms with Crippen LogP contribution in [0.15, 0.2) is 6.20 Å². The van der Waals surface area contributed by atoms with E-state index in [0.717, 1.165) is 12.3 Å². The lowest BCUT2D eigenvalue weighted by molar-refractivity contribution is 0.585. The summed E-state index contributed by atoms with van der Waals surface area (Å²) >= 11 is 7.41. The van der Waals surface area contributed by atoms with Gasteiger partial charge in [0.1, 0.15) is 0 Å². The number of nitrogens with zero attached hydrogens (tertiary/aromatic N) is 1. The molecule has 0 N–H and O–H groups in total. The van der Waals surface area contributed by atoms with E-state index in [-0.39, 0.29) is 0 Å². The third-order valence-corrected chi connectivity index (χ3v) is 3.17. The number of alkyl halides is 1. The molecule has 0 unspecified atom stereocenters. The Morgan fingerprint density at radius 1 is 1.58 bits per heavy atom. The van der Waals surface area contributed by atoms with Crippen molar-refractivity contribution in [3.8, 4) is 0 Å². The molecule has 0 fully saturated rings. The van der Waals surface area contributed by atoms with Gasteiger partial charge in [-0.3, -0.25) is 0 Å². The minimum atomic E-state index is 0.597. The second kappa shape index (κ2) is 4.83. The van der Waals surface area contributed by atoms with Gasteiger partial charge in [-0.15, -0.1) is 22.9 Å². The molecule has 1 rings (SSSR count). The lowest BCUT2D eigenvalue weighted by atomic mass is 10.1. The molecule has 1 aromatic heterocycles. The van der Waals surface area contributed by atoms with Gasteiger partial charge in [0, 0.05) is 11.1 Å². The van der Waals surface area contributed by atoms with E-state index in [4.69, 9.17) is 11.6 Å². The molecule has 0 radical (unpaired) electrons. The normalized spacial score (nSPS) is 11.0. The van der Waals surface area contributed by atoms with Crippen molar-refractivity contribution in [3.63, 3.8) is 0 Å². The van der Waals surface area contributed by atoms with E-state index in [9.17, 15) is 0 Å². The Bertz CT molecular complexity index is 232. The molecular weight excluding hydrogens is 190 g/mol. The summed E-state index contributed by atoms with van der Waals surface area (Å²) < 4.78 is 0. The van der Waals surface area contributed by atoms with Crippen molar-refractivity contribution in [2.45, 2.75) is 32.6 Å². The highest BCUT2D eigenvalue weighted by molar-refractivity contribution is 7.11. The first-order valence-electron chi connectivity index (χ1n) is 4.22. The average molecular weight is 204 g/mol. The van der Waals surface area contributed by atoms with Crippen molar-refractivity contribution in [3.05, 3.63) is 16.1 Å². The zero-order chi connectivity index (χ0) is 8.97. The third kappa shape index (κ3) is 3.11. The molecule has 0 spiro atoms. The molecule has 0 amide bonds. The Hall–Kier alpha value is -0.0800. The fourth-order valence-electron chi connectivity index (χ4n) is 0.938. The van der Waals surface area contributed by atoms with Gasteiger partial charge in [-0.05, 0) is 18.8 Å². The molecule has 3 heteroatoms. The zero-order valence-corrected chi connectivity index (χ0v) is 9.08. The van der Waals surface area contributed by atoms with E-state index in [1.807, 2.05) is 6.20 Å². The first-order chi connectivity index (χ1) is 5.72. The van der Waals surface area contributed by atoms with Gasteiger partial charge in [-0.1, -0.05) is 13.8 Å². The summed E-state index contributed by atoms with van der Waals surface area (Å²) in [7, 11) is 0. The molecule has 0 saturated heterocycles. The van der Waals surface area contributed by atoms with Gasteiger partial charge in [0.15, 0.2) is 0 Å². The molecule has 0 bridgehead atoms. The molecule has 0 saturated carbocycles. The molecule has 0 aliphatic carbocycles. The lowest BCUT2D eigenvalue weighted by Gasteiger charge is -1.99. The van der Waals surface area contributed by atoms with Crippen LogP contribution in [0, 0.1) is 5.92 Å². The van der Waals surface area contributed by atoms with Crippen LogP contribution in [0.5, 0.6) is 0 Å². The van der Waals surface area contributed by atoms with Crippen LogP contribution < -0.4 is 0 Å². The van der Waals surface area contributed by atoms with Gasteiger partial charge in [0.25, 0.3) is 0 Å². The van der Waals surface area contributed by atoms with Crippen LogP contribution >= 0.6 is 22.9 Å². The maximum absolute atomic E-state index is 5.67. The van der Waals surface area contributed by atoms with Crippen molar-refractivity contribution < 1.29 is 0 Å². The van der Waals surface area contributed by atoms with E-state index in [1.54, 1.807) is 11.3 Å². The largest absolute Gasteiger partial charge is 0.249 e. The summed E-state index contributed by atoms with van der Waals surface area (Å²) in [5.74, 6) is 1.35. The van der Waals surface area contributed by atoms with Crippen molar-refractivity contribution in [1.82, 2.24) is 4.98 Å². The number of aromatic nitrogens is 1. The van der Waals surface area contributed by atoms with Gasteiger partial charge >= 0.3 is 0 Å². The van der Waals surface area contributed by atoms with Crippen molar-refractivity contribution >= 4 is 22.9 Å². The van der Waals surface area contributed by atoms with E-state index < -0.39 is 0 Å². The predicted octanol–water partition coefficient (Wildman–Crippen LogP) is 3.47. The average Bonchev–Trinajstić information content (AvgIpc) is 2.48. The molecule has 1 aromatic rings. The minimum Gasteiger partial charge on any atom is -0.249 e. The predicted molar refractivity (Wildman–Crippen MR) is 54.8 cm³/mol. The number of halogens is 1. The van der Waals surface area contributed by atoms with Gasteiger partial charge < -0.3 is 0 Å². The van der Waals surface area contributed by atoms with Crippen LogP contribution in [0.3, 0.4) is 0 Å². The van der Waals surface area contributed by atoms with Crippen LogP contribution in [0.1, 0.15) is 30.2 Å². The third-order valence-electron chi connectivity index (χ3n) is 1.67. The van der Waals surface area contributed by atoms with Crippen LogP contribution in [0.25, 0.3) is 0 Å². The summed E-state index contributed by atoms with van der Waals surface area (Å²) in [4.78, 5) is 5.47. The summed E-state index contributed by atoms with van der Waals surface area (Å²) in [5, 5.41) is 1.22. The molecule has 12 heavy (non-hydrogen) atoms. The molecule has 0 aliphatic heterocycles. The Balaban J connectivity index is 2.41. The van der Waals surface area contributed by atoms with Gasteiger partial charge in [0.05, 0.1) is 10.9 Å². The van der Waals surface area contributed by atoms with Gasteiger partial charge in [-0.2, -0.15) is 0 Å². The van der Waals surface area contributed by atoms with Crippen molar-refractivity contribution in [1.29, 1.82) is 0 Å². The van der Waals surface area contributed by atoms with E-state index in [0.29, 0.717) is 5.88 Å². The number of rotatable bonds is 4. The first kappa shape index (κ1) is 10.0. The van der Waals surface area contributed by atoms with E-state index in [1.165, 1.54) is 16.3 Å². The topological polar surface area (TPSA) is 12.9 Å². The standard InChI is InChI=1S/C9H14ClNS/c1-7(2)3-4-9-11-6-8(5-10)12-9/h6-7H,3-5H2,1-2H3. The lowest BCUT2D eigenvalue weighted by Crippen LogP contribution is -1.90. The van der Waals surface area contributed by atoms with Crippen molar-refractivity contribution in [2.75, 3.05) is 0 Å². The fourth-order valence-corrected chi connectivity index (χ4v) is 1.96. The monoisotopic (exact) mass is 203 g/mol. The van der Waals surface area contributed by atoms with Crippen molar-refractivity contribution in [2.24, 2.45) is 5.92 Å². The Morgan fingerprint density at radius 3 is 2.83 bits per heavy atom. The number of hydrogen-bond donors (Lipinski definition) is 0. The minimum absolute atomic E-state index is 0.597. The molecule has 1 nitrogen and oxygen atoms in total. The molecule has 0 atom stereocenters. The second-order valence-corrected chi connectivity index (χ2v) is 4.75. The number of aryl methyl sites for hydroxylation is 1. The van der Waals surface area contributed by atoms with Gasteiger partial charge in [0.2, 0.25) is 0 Å². The highest BCUT2D eigenvalue weighted by Gasteiger charge is 2.01. The maximum Gasteiger partial charge on any atom is 0.0928 e. The molecule has 1 heterocycles. The van der Waals surface area contributed by atoms with E-state index in [2.05, 4.69) is 18.8 Å². The number of thiazole rings is 1. The summed E-state index contributed by atoms with van der Waals surface area (Å²) in [5.41, 5.74) is 0. The van der Waals surface area contributed by atoms with Crippen LogP contribution in [-0.2, 0) is 12.3 Å².